The third-order valence-electron chi connectivity index (χ3n) is 3.57. The maximum atomic E-state index is 12.1. The van der Waals surface area contributed by atoms with Crippen molar-refractivity contribution in [3.8, 4) is 5.75 Å². The van der Waals surface area contributed by atoms with Gasteiger partial charge in [0.2, 0.25) is 5.91 Å². The van der Waals surface area contributed by atoms with Crippen molar-refractivity contribution in [3.05, 3.63) is 82.2 Å². The fraction of sp³-hybridized carbons (Fsp3) is 0.100. The summed E-state index contributed by atoms with van der Waals surface area (Å²) in [5, 5.41) is 5.88. The fourth-order valence-corrected chi connectivity index (χ4v) is 2.85. The number of para-hydroxylation sites is 1. The molecule has 0 bridgehead atoms. The summed E-state index contributed by atoms with van der Waals surface area (Å²) in [4.78, 5) is 24.1. The van der Waals surface area contributed by atoms with Crippen molar-refractivity contribution >= 4 is 40.7 Å². The second-order valence-corrected chi connectivity index (χ2v) is 6.63. The molecule has 8 heteroatoms. The van der Waals surface area contributed by atoms with Gasteiger partial charge < -0.3 is 19.8 Å². The van der Waals surface area contributed by atoms with Gasteiger partial charge in [0.1, 0.15) is 18.1 Å². The first kappa shape index (κ1) is 19.8. The van der Waals surface area contributed by atoms with Crippen molar-refractivity contribution in [2.24, 2.45) is 0 Å². The number of halogens is 2. The van der Waals surface area contributed by atoms with E-state index >= 15 is 0 Å². The Kier molecular flexibility index (Phi) is 6.57. The standard InChI is InChI=1S/C20H16Cl2N2O4/c21-13-8-14(22)10-15(9-13)24-19(25)11-23-20(26)18-7-6-17(28-18)12-27-16-4-2-1-3-5-16/h1-10H,11-12H2,(H,23,26)(H,24,25). The number of hydrogen-bond donors (Lipinski definition) is 2. The number of furan rings is 1. The molecule has 28 heavy (non-hydrogen) atoms. The first-order chi connectivity index (χ1) is 13.5. The first-order valence-corrected chi connectivity index (χ1v) is 9.06. The lowest BCUT2D eigenvalue weighted by Gasteiger charge is -2.07. The van der Waals surface area contributed by atoms with Gasteiger partial charge in [-0.3, -0.25) is 9.59 Å². The number of rotatable bonds is 7. The molecule has 2 aromatic carbocycles. The highest BCUT2D eigenvalue weighted by atomic mass is 35.5. The fourth-order valence-electron chi connectivity index (χ4n) is 2.33. The average molecular weight is 419 g/mol. The van der Waals surface area contributed by atoms with Crippen LogP contribution >= 0.6 is 23.2 Å². The Bertz CT molecular complexity index is 953. The van der Waals surface area contributed by atoms with E-state index in [0.29, 0.717) is 27.2 Å². The summed E-state index contributed by atoms with van der Waals surface area (Å²) in [6.07, 6.45) is 0. The van der Waals surface area contributed by atoms with E-state index in [0.717, 1.165) is 0 Å². The Hall–Kier alpha value is -2.96. The number of anilines is 1. The number of ether oxygens (including phenoxy) is 1. The molecular weight excluding hydrogens is 403 g/mol. The summed E-state index contributed by atoms with van der Waals surface area (Å²) in [5.74, 6) is 0.344. The predicted octanol–water partition coefficient (Wildman–Crippen LogP) is 4.53. The quantitative estimate of drug-likeness (QED) is 0.590. The molecule has 0 aliphatic carbocycles. The molecular formula is C20H16Cl2N2O4. The average Bonchev–Trinajstić information content (AvgIpc) is 3.13. The lowest BCUT2D eigenvalue weighted by Crippen LogP contribution is -2.32. The molecule has 0 unspecified atom stereocenters. The minimum absolute atomic E-state index is 0.0882. The van der Waals surface area contributed by atoms with Crippen molar-refractivity contribution in [3.63, 3.8) is 0 Å². The SMILES string of the molecule is O=C(CNC(=O)c1ccc(COc2ccccc2)o1)Nc1cc(Cl)cc(Cl)c1. The monoisotopic (exact) mass is 418 g/mol. The van der Waals surface area contributed by atoms with Crippen LogP contribution in [-0.2, 0) is 11.4 Å². The second-order valence-electron chi connectivity index (χ2n) is 5.76. The van der Waals surface area contributed by atoms with Crippen LogP contribution in [0.4, 0.5) is 5.69 Å². The molecule has 0 aliphatic rings. The topological polar surface area (TPSA) is 80.6 Å². The van der Waals surface area contributed by atoms with Crippen LogP contribution in [0.5, 0.6) is 5.75 Å². The molecule has 0 fully saturated rings. The molecule has 2 amide bonds. The van der Waals surface area contributed by atoms with Gasteiger partial charge in [-0.15, -0.1) is 0 Å². The molecule has 144 valence electrons. The Morgan fingerprint density at radius 3 is 2.39 bits per heavy atom. The number of benzene rings is 2. The van der Waals surface area contributed by atoms with Gasteiger partial charge in [0.15, 0.2) is 5.76 Å². The van der Waals surface area contributed by atoms with E-state index in [4.69, 9.17) is 32.4 Å². The van der Waals surface area contributed by atoms with Crippen LogP contribution in [0, 0.1) is 0 Å². The van der Waals surface area contributed by atoms with Crippen molar-refractivity contribution in [2.75, 3.05) is 11.9 Å². The van der Waals surface area contributed by atoms with Gasteiger partial charge in [0.25, 0.3) is 5.91 Å². The van der Waals surface area contributed by atoms with Crippen LogP contribution in [0.2, 0.25) is 10.0 Å². The highest BCUT2D eigenvalue weighted by Crippen LogP contribution is 2.22. The molecule has 0 atom stereocenters. The largest absolute Gasteiger partial charge is 0.486 e. The van der Waals surface area contributed by atoms with E-state index < -0.39 is 11.8 Å². The number of hydrogen-bond acceptors (Lipinski definition) is 4. The van der Waals surface area contributed by atoms with Crippen molar-refractivity contribution < 1.29 is 18.7 Å². The van der Waals surface area contributed by atoms with Gasteiger partial charge in [-0.2, -0.15) is 0 Å². The van der Waals surface area contributed by atoms with E-state index in [1.807, 2.05) is 30.3 Å². The molecule has 0 saturated carbocycles. The molecule has 0 saturated heterocycles. The summed E-state index contributed by atoms with van der Waals surface area (Å²) in [6.45, 7) is -0.0488. The maximum Gasteiger partial charge on any atom is 0.287 e. The van der Waals surface area contributed by atoms with Gasteiger partial charge in [-0.25, -0.2) is 0 Å². The molecule has 0 radical (unpaired) electrons. The normalized spacial score (nSPS) is 10.4. The molecule has 0 spiro atoms. The van der Waals surface area contributed by atoms with Gasteiger partial charge in [0.05, 0.1) is 6.54 Å². The van der Waals surface area contributed by atoms with Crippen molar-refractivity contribution in [1.29, 1.82) is 0 Å². The molecule has 3 rings (SSSR count). The van der Waals surface area contributed by atoms with Gasteiger partial charge in [-0.1, -0.05) is 41.4 Å². The van der Waals surface area contributed by atoms with Crippen molar-refractivity contribution in [1.82, 2.24) is 5.32 Å². The van der Waals surface area contributed by atoms with Gasteiger partial charge >= 0.3 is 0 Å². The molecule has 1 aromatic heterocycles. The van der Waals surface area contributed by atoms with Crippen LogP contribution in [0.15, 0.2) is 65.1 Å². The molecule has 3 aromatic rings. The lowest BCUT2D eigenvalue weighted by molar-refractivity contribution is -0.115. The van der Waals surface area contributed by atoms with Crippen LogP contribution in [0.25, 0.3) is 0 Å². The molecule has 6 nitrogen and oxygen atoms in total. The molecule has 2 N–H and O–H groups in total. The van der Waals surface area contributed by atoms with E-state index in [2.05, 4.69) is 10.6 Å². The summed E-state index contributed by atoms with van der Waals surface area (Å²) in [5.41, 5.74) is 0.440. The highest BCUT2D eigenvalue weighted by Gasteiger charge is 2.13. The summed E-state index contributed by atoms with van der Waals surface area (Å²) in [7, 11) is 0. The lowest BCUT2D eigenvalue weighted by atomic mass is 10.3. The van der Waals surface area contributed by atoms with Crippen LogP contribution in [-0.4, -0.2) is 18.4 Å². The predicted molar refractivity (Wildman–Crippen MR) is 107 cm³/mol. The maximum absolute atomic E-state index is 12.1. The van der Waals surface area contributed by atoms with E-state index in [1.165, 1.54) is 6.07 Å². The Balaban J connectivity index is 1.48. The zero-order valence-electron chi connectivity index (χ0n) is 14.6. The highest BCUT2D eigenvalue weighted by molar-refractivity contribution is 6.35. The Labute approximate surface area is 171 Å². The third kappa shape index (κ3) is 5.77. The first-order valence-electron chi connectivity index (χ1n) is 8.30. The van der Waals surface area contributed by atoms with Crippen LogP contribution < -0.4 is 15.4 Å². The summed E-state index contributed by atoms with van der Waals surface area (Å²) < 4.78 is 11.0. The van der Waals surface area contributed by atoms with Crippen molar-refractivity contribution in [2.45, 2.75) is 6.61 Å². The Morgan fingerprint density at radius 1 is 0.964 bits per heavy atom. The summed E-state index contributed by atoms with van der Waals surface area (Å²) in [6, 6.07) is 17.1. The third-order valence-corrected chi connectivity index (χ3v) is 4.00. The second kappa shape index (κ2) is 9.30. The minimum Gasteiger partial charge on any atom is -0.486 e. The molecule has 0 aliphatic heterocycles. The smallest absolute Gasteiger partial charge is 0.287 e. The van der Waals surface area contributed by atoms with E-state index in [-0.39, 0.29) is 18.9 Å². The minimum atomic E-state index is -0.509. The number of carbonyl (C=O) groups excluding carboxylic acids is 2. The van der Waals surface area contributed by atoms with Gasteiger partial charge in [-0.05, 0) is 42.5 Å². The van der Waals surface area contributed by atoms with E-state index in [9.17, 15) is 9.59 Å². The van der Waals surface area contributed by atoms with Gasteiger partial charge in [0, 0.05) is 15.7 Å². The van der Waals surface area contributed by atoms with Crippen LogP contribution in [0.1, 0.15) is 16.3 Å². The summed E-state index contributed by atoms with van der Waals surface area (Å²) >= 11 is 11.8. The number of nitrogens with one attached hydrogen (secondary N) is 2. The molecule has 1 heterocycles. The van der Waals surface area contributed by atoms with E-state index in [1.54, 1.807) is 24.3 Å². The zero-order chi connectivity index (χ0) is 19.9. The Morgan fingerprint density at radius 2 is 1.68 bits per heavy atom. The zero-order valence-corrected chi connectivity index (χ0v) is 16.1. The number of amides is 2. The van der Waals surface area contributed by atoms with Crippen LogP contribution in [0.3, 0.4) is 0 Å². The number of carbonyl (C=O) groups is 2.